The molecule has 0 saturated carbocycles. The predicted octanol–water partition coefficient (Wildman–Crippen LogP) is 0.666. The zero-order valence-electron chi connectivity index (χ0n) is 18.6. The second-order valence-corrected chi connectivity index (χ2v) is 10.6. The summed E-state index contributed by atoms with van der Waals surface area (Å²) in [4.78, 5) is 48.4. The topological polar surface area (TPSA) is 132 Å². The molecular weight excluding hydrogens is 446 g/mol. The molecule has 2 aromatic rings. The van der Waals surface area contributed by atoms with Crippen molar-refractivity contribution >= 4 is 38.7 Å². The van der Waals surface area contributed by atoms with Gasteiger partial charge >= 0.3 is 0 Å². The molecular formula is C22H25N5O5S. The summed E-state index contributed by atoms with van der Waals surface area (Å²) in [5.41, 5.74) is 3.36. The molecule has 2 amide bonds. The smallest absolute Gasteiger partial charge is 0.261 e. The first-order valence-electron chi connectivity index (χ1n) is 10.5. The third-order valence-electron chi connectivity index (χ3n) is 5.85. The van der Waals surface area contributed by atoms with E-state index in [9.17, 15) is 22.8 Å². The van der Waals surface area contributed by atoms with Crippen LogP contribution in [0.5, 0.6) is 0 Å². The predicted molar refractivity (Wildman–Crippen MR) is 126 cm³/mol. The van der Waals surface area contributed by atoms with Crippen molar-refractivity contribution < 1.29 is 18.0 Å². The van der Waals surface area contributed by atoms with Gasteiger partial charge in [0.2, 0.25) is 0 Å². The zero-order chi connectivity index (χ0) is 23.9. The number of sulfone groups is 1. The highest BCUT2D eigenvalue weighted by molar-refractivity contribution is 7.90. The van der Waals surface area contributed by atoms with Gasteiger partial charge in [-0.1, -0.05) is 0 Å². The molecule has 174 valence electrons. The summed E-state index contributed by atoms with van der Waals surface area (Å²) in [6.45, 7) is 0.851. The summed E-state index contributed by atoms with van der Waals surface area (Å²) >= 11 is 0. The molecule has 0 spiro atoms. The van der Waals surface area contributed by atoms with Crippen LogP contribution in [-0.4, -0.2) is 86.5 Å². The molecule has 33 heavy (non-hydrogen) atoms. The number of aromatic nitrogens is 1. The molecule has 0 aliphatic carbocycles. The number of carbonyl (C=O) groups excluding carboxylic acids is 2. The number of aliphatic imine (C=N–C) groups is 1. The highest BCUT2D eigenvalue weighted by Gasteiger charge is 2.37. The number of anilines is 1. The minimum Gasteiger partial charge on any atom is -0.387 e. The number of fused-ring (bicyclic) bond motifs is 2. The molecule has 2 aliphatic rings. The number of aromatic amines is 1. The Bertz CT molecular complexity index is 1350. The molecule has 2 aliphatic heterocycles. The molecule has 3 heterocycles. The Balaban J connectivity index is 1.53. The van der Waals surface area contributed by atoms with Crippen LogP contribution in [0.2, 0.25) is 0 Å². The molecule has 10 nitrogen and oxygen atoms in total. The molecule has 1 aromatic carbocycles. The Hall–Kier alpha value is -3.31. The van der Waals surface area contributed by atoms with Gasteiger partial charge < -0.3 is 15.2 Å². The van der Waals surface area contributed by atoms with Crippen molar-refractivity contribution in [2.45, 2.75) is 6.42 Å². The number of H-pyrrole nitrogens is 1. The number of hydrogen-bond acceptors (Lipinski definition) is 8. The van der Waals surface area contributed by atoms with Crippen LogP contribution in [0.1, 0.15) is 31.8 Å². The number of likely N-dealkylation sites (N-methyl/N-ethyl adjacent to an activating group) is 1. The van der Waals surface area contributed by atoms with Gasteiger partial charge in [-0.2, -0.15) is 0 Å². The van der Waals surface area contributed by atoms with Crippen molar-refractivity contribution in [2.24, 2.45) is 4.99 Å². The maximum absolute atomic E-state index is 12.9. The van der Waals surface area contributed by atoms with Gasteiger partial charge in [-0.15, -0.1) is 0 Å². The monoisotopic (exact) mass is 471 g/mol. The van der Waals surface area contributed by atoms with E-state index < -0.39 is 15.7 Å². The number of pyridine rings is 1. The lowest BCUT2D eigenvalue weighted by Gasteiger charge is -2.20. The van der Waals surface area contributed by atoms with Gasteiger partial charge in [-0.3, -0.25) is 24.3 Å². The van der Waals surface area contributed by atoms with Gasteiger partial charge in [0.1, 0.15) is 9.84 Å². The Labute approximate surface area is 191 Å². The molecule has 0 atom stereocenters. The van der Waals surface area contributed by atoms with Gasteiger partial charge in [0, 0.05) is 45.6 Å². The molecule has 0 unspecified atom stereocenters. The fraction of sp³-hybridized carbons (Fsp3) is 0.364. The highest BCUT2D eigenvalue weighted by Crippen LogP contribution is 2.35. The van der Waals surface area contributed by atoms with Gasteiger partial charge in [-0.25, -0.2) is 8.42 Å². The Kier molecular flexibility index (Phi) is 5.93. The van der Waals surface area contributed by atoms with Gasteiger partial charge in [0.25, 0.3) is 17.4 Å². The minimum atomic E-state index is -3.09. The van der Waals surface area contributed by atoms with Crippen molar-refractivity contribution in [3.05, 3.63) is 57.0 Å². The zero-order valence-corrected chi connectivity index (χ0v) is 19.5. The molecule has 4 rings (SSSR count). The number of carbonyl (C=O) groups is 2. The summed E-state index contributed by atoms with van der Waals surface area (Å²) in [5.74, 6) is -0.763. The summed E-state index contributed by atoms with van der Waals surface area (Å²) in [5, 5.41) is 2.99. The number of rotatable bonds is 8. The number of hydrogen-bond donors (Lipinski definition) is 2. The molecule has 0 fully saturated rings. The Morgan fingerprint density at radius 2 is 1.85 bits per heavy atom. The van der Waals surface area contributed by atoms with Crippen LogP contribution in [0, 0.1) is 0 Å². The van der Waals surface area contributed by atoms with Crippen molar-refractivity contribution in [3.8, 4) is 0 Å². The number of imide groups is 1. The lowest BCUT2D eigenvalue weighted by molar-refractivity contribution is 0.0642. The summed E-state index contributed by atoms with van der Waals surface area (Å²) < 4.78 is 22.7. The second kappa shape index (κ2) is 8.56. The summed E-state index contributed by atoms with van der Waals surface area (Å²) in [7, 11) is 0.384. The van der Waals surface area contributed by atoms with E-state index in [0.717, 1.165) is 5.56 Å². The molecule has 0 bridgehead atoms. The normalized spacial score (nSPS) is 15.2. The number of nitrogens with one attached hydrogen (secondary N) is 2. The number of amides is 2. The van der Waals surface area contributed by atoms with E-state index in [-0.39, 0.29) is 23.8 Å². The maximum atomic E-state index is 12.9. The van der Waals surface area contributed by atoms with E-state index in [1.807, 2.05) is 0 Å². The molecule has 11 heteroatoms. The standard InChI is InChI=1S/C22H25N5O5S/c1-23-16-4-5-24-20(28)19(16)18-11-13-10-14-15(12-17(13)25-18)22(30)27(21(14)29)7-6-26(2)8-9-33(3,31)32/h4-5,10,12H,6-9,11H2,1-3H3,(H2,23,24,28). The lowest BCUT2D eigenvalue weighted by atomic mass is 10.00. The third kappa shape index (κ3) is 4.46. The number of benzene rings is 1. The van der Waals surface area contributed by atoms with Crippen LogP contribution in [0.25, 0.3) is 0 Å². The van der Waals surface area contributed by atoms with Crippen molar-refractivity contribution in [1.82, 2.24) is 14.8 Å². The van der Waals surface area contributed by atoms with Crippen LogP contribution >= 0.6 is 0 Å². The fourth-order valence-electron chi connectivity index (χ4n) is 4.01. The fourth-order valence-corrected chi connectivity index (χ4v) is 4.65. The number of nitrogens with zero attached hydrogens (tertiary/aromatic N) is 3. The Morgan fingerprint density at radius 3 is 2.52 bits per heavy atom. The lowest BCUT2D eigenvalue weighted by Crippen LogP contribution is -2.38. The quantitative estimate of drug-likeness (QED) is 0.541. The molecule has 2 N–H and O–H groups in total. The average Bonchev–Trinajstić information content (AvgIpc) is 3.27. The molecule has 0 saturated heterocycles. The Morgan fingerprint density at radius 1 is 1.15 bits per heavy atom. The van der Waals surface area contributed by atoms with Crippen molar-refractivity contribution in [3.63, 3.8) is 0 Å². The van der Waals surface area contributed by atoms with Gasteiger partial charge in [0.05, 0.1) is 39.5 Å². The first-order chi connectivity index (χ1) is 15.6. The van der Waals surface area contributed by atoms with E-state index in [1.165, 1.54) is 11.2 Å². The van der Waals surface area contributed by atoms with Gasteiger partial charge in [-0.05, 0) is 30.8 Å². The average molecular weight is 472 g/mol. The SMILES string of the molecule is CNc1cc[nH]c(=O)c1C1=Nc2cc3c(cc2C1)C(=O)N(CCN(C)CCS(C)(=O)=O)C3=O. The first kappa shape index (κ1) is 22.9. The van der Waals surface area contributed by atoms with E-state index in [2.05, 4.69) is 15.3 Å². The van der Waals surface area contributed by atoms with Crippen LogP contribution in [0.3, 0.4) is 0 Å². The molecule has 0 radical (unpaired) electrons. The van der Waals surface area contributed by atoms with Crippen molar-refractivity contribution in [2.75, 3.05) is 51.1 Å². The second-order valence-electron chi connectivity index (χ2n) is 8.30. The van der Waals surface area contributed by atoms with E-state index in [1.54, 1.807) is 43.4 Å². The van der Waals surface area contributed by atoms with Crippen LogP contribution < -0.4 is 10.9 Å². The first-order valence-corrected chi connectivity index (χ1v) is 12.5. The maximum Gasteiger partial charge on any atom is 0.261 e. The van der Waals surface area contributed by atoms with E-state index in [0.29, 0.717) is 53.3 Å². The van der Waals surface area contributed by atoms with E-state index in [4.69, 9.17) is 0 Å². The highest BCUT2D eigenvalue weighted by atomic mass is 32.2. The largest absolute Gasteiger partial charge is 0.387 e. The summed E-state index contributed by atoms with van der Waals surface area (Å²) in [6, 6.07) is 5.05. The van der Waals surface area contributed by atoms with Crippen LogP contribution in [-0.2, 0) is 16.3 Å². The van der Waals surface area contributed by atoms with Crippen LogP contribution in [0.15, 0.2) is 34.2 Å². The van der Waals surface area contributed by atoms with Crippen LogP contribution in [0.4, 0.5) is 11.4 Å². The van der Waals surface area contributed by atoms with Gasteiger partial charge in [0.15, 0.2) is 0 Å². The summed E-state index contributed by atoms with van der Waals surface area (Å²) in [6.07, 6.45) is 3.10. The minimum absolute atomic E-state index is 0.0121. The van der Waals surface area contributed by atoms with E-state index >= 15 is 0 Å². The molecule has 1 aromatic heterocycles. The van der Waals surface area contributed by atoms with Crippen molar-refractivity contribution in [1.29, 1.82) is 0 Å². The third-order valence-corrected chi connectivity index (χ3v) is 6.78.